The van der Waals surface area contributed by atoms with Crippen LogP contribution >= 0.6 is 0 Å². The summed E-state index contributed by atoms with van der Waals surface area (Å²) in [7, 11) is 0. The predicted octanol–water partition coefficient (Wildman–Crippen LogP) is 2.05. The van der Waals surface area contributed by atoms with Crippen LogP contribution in [0.25, 0.3) is 0 Å². The molecule has 2 rings (SSSR count). The first kappa shape index (κ1) is 13.6. The molecule has 1 amide bonds. The summed E-state index contributed by atoms with van der Waals surface area (Å²) in [6.45, 7) is 0. The minimum Gasteiger partial charge on any atom is -0.508 e. The number of phenols is 1. The Hall–Kier alpha value is -2.82. The molecule has 0 fully saturated rings. The Balaban J connectivity index is 2.22. The van der Waals surface area contributed by atoms with Gasteiger partial charge in [0, 0.05) is 6.07 Å². The highest BCUT2D eigenvalue weighted by atomic mass is 16.6. The van der Waals surface area contributed by atoms with E-state index in [4.69, 9.17) is 10.6 Å². The molecule has 0 spiro atoms. The van der Waals surface area contributed by atoms with E-state index in [1.807, 2.05) is 30.3 Å². The zero-order valence-corrected chi connectivity index (χ0v) is 10.7. The van der Waals surface area contributed by atoms with Crippen molar-refractivity contribution in [2.75, 3.05) is 0 Å². The second-order valence-corrected chi connectivity index (χ2v) is 4.14. The number of hydrogen-bond donors (Lipinski definition) is 2. The smallest absolute Gasteiger partial charge is 0.223 e. The Morgan fingerprint density at radius 3 is 2.55 bits per heavy atom. The van der Waals surface area contributed by atoms with E-state index in [0.29, 0.717) is 11.5 Å². The number of nitrogens with two attached hydrogens (primary N) is 1. The van der Waals surface area contributed by atoms with Gasteiger partial charge in [-0.3, -0.25) is 4.79 Å². The summed E-state index contributed by atoms with van der Waals surface area (Å²) in [5.41, 5.74) is 6.40. The van der Waals surface area contributed by atoms with Crippen molar-refractivity contribution < 1.29 is 14.7 Å². The minimum absolute atomic E-state index is 0.0250. The summed E-state index contributed by atoms with van der Waals surface area (Å²) in [5.74, 6) is -0.0381. The zero-order valence-electron chi connectivity index (χ0n) is 10.7. The molecule has 0 heterocycles. The molecular formula is C15H14N2O3. The van der Waals surface area contributed by atoms with Gasteiger partial charge >= 0.3 is 0 Å². The first-order chi connectivity index (χ1) is 9.65. The lowest BCUT2D eigenvalue weighted by Gasteiger charge is -2.05. The van der Waals surface area contributed by atoms with Crippen LogP contribution in [-0.4, -0.2) is 16.7 Å². The first-order valence-electron chi connectivity index (χ1n) is 6.02. The normalized spacial score (nSPS) is 11.1. The fraction of sp³-hybridized carbons (Fsp3) is 0.0667. The third kappa shape index (κ3) is 3.84. The molecule has 3 N–H and O–H groups in total. The van der Waals surface area contributed by atoms with Gasteiger partial charge in [0.25, 0.3) is 0 Å². The van der Waals surface area contributed by atoms with Gasteiger partial charge in [-0.2, -0.15) is 0 Å². The molecule has 0 saturated carbocycles. The van der Waals surface area contributed by atoms with Crippen LogP contribution in [0.15, 0.2) is 59.8 Å². The molecule has 0 unspecified atom stereocenters. The first-order valence-corrected chi connectivity index (χ1v) is 6.02. The van der Waals surface area contributed by atoms with Crippen molar-refractivity contribution in [2.24, 2.45) is 10.9 Å². The van der Waals surface area contributed by atoms with Crippen molar-refractivity contribution >= 4 is 11.6 Å². The van der Waals surface area contributed by atoms with Crippen molar-refractivity contribution in [3.63, 3.8) is 0 Å². The molecule has 0 radical (unpaired) electrons. The number of rotatable bonds is 5. The van der Waals surface area contributed by atoms with Crippen molar-refractivity contribution in [1.29, 1.82) is 0 Å². The highest BCUT2D eigenvalue weighted by molar-refractivity contribution is 6.09. The number of carbonyl (C=O) groups is 1. The average Bonchev–Trinajstić information content (AvgIpc) is 2.44. The van der Waals surface area contributed by atoms with Gasteiger partial charge in [-0.15, -0.1) is 0 Å². The summed E-state index contributed by atoms with van der Waals surface area (Å²) in [5, 5.41) is 13.3. The highest BCUT2D eigenvalue weighted by Gasteiger charge is 2.08. The SMILES string of the molecule is NC(=O)C/C(=N\Oc1cccc(O)c1)c1ccccc1. The number of carbonyl (C=O) groups excluding carboxylic acids is 1. The molecule has 0 atom stereocenters. The maximum absolute atomic E-state index is 11.1. The van der Waals surface area contributed by atoms with Crippen LogP contribution in [0.5, 0.6) is 11.5 Å². The Morgan fingerprint density at radius 2 is 1.90 bits per heavy atom. The summed E-state index contributed by atoms with van der Waals surface area (Å²) < 4.78 is 0. The topological polar surface area (TPSA) is 84.9 Å². The molecule has 0 aliphatic rings. The van der Waals surface area contributed by atoms with Gasteiger partial charge in [-0.1, -0.05) is 41.6 Å². The second kappa shape index (κ2) is 6.38. The average molecular weight is 270 g/mol. The third-order valence-electron chi connectivity index (χ3n) is 2.53. The Kier molecular flexibility index (Phi) is 4.34. The molecule has 102 valence electrons. The lowest BCUT2D eigenvalue weighted by molar-refractivity contribution is -0.116. The predicted molar refractivity (Wildman–Crippen MR) is 75.5 cm³/mol. The maximum atomic E-state index is 11.1. The number of amides is 1. The van der Waals surface area contributed by atoms with Crippen LogP contribution in [0, 0.1) is 0 Å². The third-order valence-corrected chi connectivity index (χ3v) is 2.53. The Labute approximate surface area is 116 Å². The number of primary amides is 1. The Morgan fingerprint density at radius 1 is 1.15 bits per heavy atom. The number of oxime groups is 1. The van der Waals surface area contributed by atoms with Gasteiger partial charge in [-0.05, 0) is 17.7 Å². The number of benzene rings is 2. The van der Waals surface area contributed by atoms with Crippen molar-refractivity contribution in [1.82, 2.24) is 0 Å². The van der Waals surface area contributed by atoms with Crippen molar-refractivity contribution in [2.45, 2.75) is 6.42 Å². The van der Waals surface area contributed by atoms with Gasteiger partial charge in [0.05, 0.1) is 12.1 Å². The van der Waals surface area contributed by atoms with E-state index in [-0.39, 0.29) is 12.2 Å². The van der Waals surface area contributed by atoms with E-state index in [1.54, 1.807) is 12.1 Å². The molecule has 0 aliphatic carbocycles. The van der Waals surface area contributed by atoms with Gasteiger partial charge < -0.3 is 15.7 Å². The number of hydrogen-bond acceptors (Lipinski definition) is 4. The van der Waals surface area contributed by atoms with Gasteiger partial charge in [0.1, 0.15) is 5.75 Å². The quantitative estimate of drug-likeness (QED) is 0.644. The van der Waals surface area contributed by atoms with Crippen molar-refractivity contribution in [3.05, 3.63) is 60.2 Å². The summed E-state index contributed by atoms with van der Waals surface area (Å²) in [6.07, 6.45) is -0.0250. The molecule has 5 heteroatoms. The van der Waals surface area contributed by atoms with Crippen LogP contribution in [-0.2, 0) is 4.79 Å². The van der Waals surface area contributed by atoms with Crippen LogP contribution < -0.4 is 10.6 Å². The van der Waals surface area contributed by atoms with Crippen molar-refractivity contribution in [3.8, 4) is 11.5 Å². The zero-order chi connectivity index (χ0) is 14.4. The molecule has 0 aromatic heterocycles. The van der Waals surface area contributed by atoms with Gasteiger partial charge in [-0.25, -0.2) is 0 Å². The standard InChI is InChI=1S/C15H14N2O3/c16-15(19)10-14(11-5-2-1-3-6-11)17-20-13-8-4-7-12(18)9-13/h1-9,18H,10H2,(H2,16,19)/b17-14+. The second-order valence-electron chi connectivity index (χ2n) is 4.14. The van der Waals surface area contributed by atoms with E-state index < -0.39 is 5.91 Å². The van der Waals surface area contributed by atoms with E-state index in [1.165, 1.54) is 12.1 Å². The number of aromatic hydroxyl groups is 1. The van der Waals surface area contributed by atoms with Crippen LogP contribution in [0.4, 0.5) is 0 Å². The number of phenolic OH excluding ortho intramolecular Hbond substituents is 1. The molecular weight excluding hydrogens is 256 g/mol. The highest BCUT2D eigenvalue weighted by Crippen LogP contribution is 2.18. The Bertz CT molecular complexity index is 624. The van der Waals surface area contributed by atoms with Crippen LogP contribution in [0.2, 0.25) is 0 Å². The fourth-order valence-electron chi connectivity index (χ4n) is 1.63. The molecule has 5 nitrogen and oxygen atoms in total. The van der Waals surface area contributed by atoms with Crippen LogP contribution in [0.3, 0.4) is 0 Å². The molecule has 0 saturated heterocycles. The van der Waals surface area contributed by atoms with Gasteiger partial charge in [0.2, 0.25) is 5.91 Å². The summed E-state index contributed by atoms with van der Waals surface area (Å²) >= 11 is 0. The molecule has 0 bridgehead atoms. The van der Waals surface area contributed by atoms with E-state index in [9.17, 15) is 9.90 Å². The lowest BCUT2D eigenvalue weighted by Crippen LogP contribution is -2.17. The lowest BCUT2D eigenvalue weighted by atomic mass is 10.1. The van der Waals surface area contributed by atoms with Crippen LogP contribution in [0.1, 0.15) is 12.0 Å². The molecule has 20 heavy (non-hydrogen) atoms. The molecule has 2 aromatic rings. The maximum Gasteiger partial charge on any atom is 0.223 e. The van der Waals surface area contributed by atoms with Gasteiger partial charge in [0.15, 0.2) is 5.75 Å². The summed E-state index contributed by atoms with van der Waals surface area (Å²) in [4.78, 5) is 16.3. The minimum atomic E-state index is -0.493. The van der Waals surface area contributed by atoms with E-state index >= 15 is 0 Å². The number of nitrogens with zero attached hydrogens (tertiary/aromatic N) is 1. The fourth-order valence-corrected chi connectivity index (χ4v) is 1.63. The molecule has 2 aromatic carbocycles. The summed E-state index contributed by atoms with van der Waals surface area (Å²) in [6, 6.07) is 15.4. The monoisotopic (exact) mass is 270 g/mol. The molecule has 0 aliphatic heterocycles. The van der Waals surface area contributed by atoms with E-state index in [2.05, 4.69) is 5.16 Å². The largest absolute Gasteiger partial charge is 0.508 e. The van der Waals surface area contributed by atoms with E-state index in [0.717, 1.165) is 5.56 Å².